The second kappa shape index (κ2) is 2.35. The van der Waals surface area contributed by atoms with Gasteiger partial charge in [-0.2, -0.15) is 0 Å². The molecule has 0 aromatic heterocycles. The molecule has 9 heavy (non-hydrogen) atoms. The van der Waals surface area contributed by atoms with E-state index in [1.54, 1.807) is 0 Å². The summed E-state index contributed by atoms with van der Waals surface area (Å²) in [6.45, 7) is 0.119. The molecule has 1 rings (SSSR count). The third-order valence-corrected chi connectivity index (χ3v) is 1.74. The van der Waals surface area contributed by atoms with Gasteiger partial charge in [-0.25, -0.2) is 0 Å². The first-order chi connectivity index (χ1) is 4.25. The van der Waals surface area contributed by atoms with Crippen LogP contribution in [-0.4, -0.2) is 22.8 Å². The van der Waals surface area contributed by atoms with Crippen LogP contribution in [0.15, 0.2) is 0 Å². The highest BCUT2D eigenvalue weighted by molar-refractivity contribution is 5.73. The fraction of sp³-hybridized carbons (Fsp3) is 0.833. The summed E-state index contributed by atoms with van der Waals surface area (Å²) < 4.78 is 0. The highest BCUT2D eigenvalue weighted by Crippen LogP contribution is 2.40. The molecule has 0 aromatic carbocycles. The van der Waals surface area contributed by atoms with Crippen molar-refractivity contribution in [1.82, 2.24) is 0 Å². The number of aliphatic hydroxyl groups is 1. The fourth-order valence-corrected chi connectivity index (χ4v) is 1.03. The lowest BCUT2D eigenvalue weighted by Gasteiger charge is -1.88. The molecule has 2 atom stereocenters. The molecule has 3 nitrogen and oxygen atoms in total. The van der Waals surface area contributed by atoms with Crippen molar-refractivity contribution in [2.75, 3.05) is 6.61 Å². The van der Waals surface area contributed by atoms with Gasteiger partial charge < -0.3 is 10.2 Å². The molecule has 1 fully saturated rings. The Labute approximate surface area is 53.3 Å². The summed E-state index contributed by atoms with van der Waals surface area (Å²) in [7, 11) is 0. The Morgan fingerprint density at radius 3 is 2.67 bits per heavy atom. The summed E-state index contributed by atoms with van der Waals surface area (Å²) in [6.07, 6.45) is 1.41. The first kappa shape index (κ1) is 6.55. The molecule has 1 saturated carbocycles. The zero-order valence-electron chi connectivity index (χ0n) is 5.08. The lowest BCUT2D eigenvalue weighted by molar-refractivity contribution is -0.138. The molecule has 0 bridgehead atoms. The number of aliphatic carboxylic acids is 1. The van der Waals surface area contributed by atoms with Crippen molar-refractivity contribution in [3.05, 3.63) is 0 Å². The van der Waals surface area contributed by atoms with Crippen LogP contribution in [0.25, 0.3) is 0 Å². The highest BCUT2D eigenvalue weighted by atomic mass is 16.4. The van der Waals surface area contributed by atoms with Crippen molar-refractivity contribution in [1.29, 1.82) is 0 Å². The summed E-state index contributed by atoms with van der Waals surface area (Å²) in [5.41, 5.74) is 0. The van der Waals surface area contributed by atoms with E-state index in [9.17, 15) is 4.79 Å². The second-order valence-corrected chi connectivity index (χ2v) is 2.45. The van der Waals surface area contributed by atoms with E-state index in [4.69, 9.17) is 10.2 Å². The molecule has 0 aromatic rings. The van der Waals surface area contributed by atoms with E-state index in [1.807, 2.05) is 0 Å². The van der Waals surface area contributed by atoms with E-state index in [-0.39, 0.29) is 18.4 Å². The van der Waals surface area contributed by atoms with Gasteiger partial charge in [-0.1, -0.05) is 0 Å². The second-order valence-electron chi connectivity index (χ2n) is 2.45. The molecule has 1 aliphatic carbocycles. The Balaban J connectivity index is 2.17. The van der Waals surface area contributed by atoms with Crippen LogP contribution in [0.4, 0.5) is 0 Å². The van der Waals surface area contributed by atoms with Gasteiger partial charge in [0.15, 0.2) is 0 Å². The topological polar surface area (TPSA) is 57.5 Å². The lowest BCUT2D eigenvalue weighted by Crippen LogP contribution is -2.00. The minimum atomic E-state index is -0.714. The Morgan fingerprint density at radius 1 is 1.67 bits per heavy atom. The molecule has 2 N–H and O–H groups in total. The maximum Gasteiger partial charge on any atom is 0.306 e. The first-order valence-corrected chi connectivity index (χ1v) is 3.09. The van der Waals surface area contributed by atoms with Crippen LogP contribution in [0.5, 0.6) is 0 Å². The lowest BCUT2D eigenvalue weighted by atomic mass is 10.2. The SMILES string of the molecule is O=C(O)[C@H]1C[C@@H]1CCO. The van der Waals surface area contributed by atoms with Crippen LogP contribution < -0.4 is 0 Å². The smallest absolute Gasteiger partial charge is 0.306 e. The van der Waals surface area contributed by atoms with E-state index < -0.39 is 5.97 Å². The molecule has 0 unspecified atom stereocenters. The van der Waals surface area contributed by atoms with E-state index in [2.05, 4.69) is 0 Å². The standard InChI is InChI=1S/C6H10O3/c7-2-1-4-3-5(4)6(8)9/h4-5,7H,1-3H2,(H,8,9)/t4-,5-/m0/s1. The van der Waals surface area contributed by atoms with Crippen LogP contribution in [-0.2, 0) is 4.79 Å². The summed E-state index contributed by atoms with van der Waals surface area (Å²) in [5, 5.41) is 16.8. The molecule has 52 valence electrons. The monoisotopic (exact) mass is 130 g/mol. The number of hydrogen-bond acceptors (Lipinski definition) is 2. The van der Waals surface area contributed by atoms with Crippen LogP contribution in [0.2, 0.25) is 0 Å². The molecule has 0 radical (unpaired) electrons. The van der Waals surface area contributed by atoms with Gasteiger partial charge in [0.1, 0.15) is 0 Å². The Kier molecular flexibility index (Phi) is 1.71. The zero-order valence-corrected chi connectivity index (χ0v) is 5.08. The van der Waals surface area contributed by atoms with E-state index in [1.165, 1.54) is 0 Å². The van der Waals surface area contributed by atoms with Gasteiger partial charge in [-0.05, 0) is 18.8 Å². The van der Waals surface area contributed by atoms with Gasteiger partial charge in [-0.3, -0.25) is 4.79 Å². The minimum Gasteiger partial charge on any atom is -0.481 e. The van der Waals surface area contributed by atoms with Crippen molar-refractivity contribution in [3.63, 3.8) is 0 Å². The molecule has 0 amide bonds. The summed E-state index contributed by atoms with van der Waals surface area (Å²) in [5.74, 6) is -0.613. The molecule has 1 aliphatic rings. The summed E-state index contributed by atoms with van der Waals surface area (Å²) >= 11 is 0. The number of rotatable bonds is 3. The molecular formula is C6H10O3. The van der Waals surface area contributed by atoms with Crippen molar-refractivity contribution in [2.45, 2.75) is 12.8 Å². The maximum absolute atomic E-state index is 10.2. The summed E-state index contributed by atoms with van der Waals surface area (Å²) in [6, 6.07) is 0. The Morgan fingerprint density at radius 2 is 2.33 bits per heavy atom. The number of carboxylic acid groups (broad SMARTS) is 1. The van der Waals surface area contributed by atoms with Crippen molar-refractivity contribution >= 4 is 5.97 Å². The normalized spacial score (nSPS) is 32.1. The number of carbonyl (C=O) groups is 1. The average molecular weight is 130 g/mol. The van der Waals surface area contributed by atoms with Crippen LogP contribution in [0.3, 0.4) is 0 Å². The van der Waals surface area contributed by atoms with Gasteiger partial charge in [0, 0.05) is 6.61 Å². The third kappa shape index (κ3) is 1.42. The molecule has 0 heterocycles. The third-order valence-electron chi connectivity index (χ3n) is 1.74. The van der Waals surface area contributed by atoms with Gasteiger partial charge in [0.2, 0.25) is 0 Å². The number of aliphatic hydroxyl groups excluding tert-OH is 1. The Bertz CT molecular complexity index is 121. The van der Waals surface area contributed by atoms with Crippen molar-refractivity contribution in [3.8, 4) is 0 Å². The largest absolute Gasteiger partial charge is 0.481 e. The van der Waals surface area contributed by atoms with E-state index >= 15 is 0 Å². The fourth-order valence-electron chi connectivity index (χ4n) is 1.03. The predicted octanol–water partition coefficient (Wildman–Crippen LogP) is 0.0895. The van der Waals surface area contributed by atoms with Gasteiger partial charge in [0.05, 0.1) is 5.92 Å². The van der Waals surface area contributed by atoms with Crippen LogP contribution >= 0.6 is 0 Å². The minimum absolute atomic E-state index is 0.119. The van der Waals surface area contributed by atoms with Gasteiger partial charge >= 0.3 is 5.97 Å². The van der Waals surface area contributed by atoms with Gasteiger partial charge in [-0.15, -0.1) is 0 Å². The molecule has 0 aliphatic heterocycles. The molecular weight excluding hydrogens is 120 g/mol. The van der Waals surface area contributed by atoms with E-state index in [0.29, 0.717) is 6.42 Å². The van der Waals surface area contributed by atoms with Crippen molar-refractivity contribution in [2.24, 2.45) is 11.8 Å². The van der Waals surface area contributed by atoms with Gasteiger partial charge in [0.25, 0.3) is 0 Å². The highest BCUT2D eigenvalue weighted by Gasteiger charge is 2.42. The maximum atomic E-state index is 10.2. The Hall–Kier alpha value is -0.570. The molecule has 3 heteroatoms. The number of hydrogen-bond donors (Lipinski definition) is 2. The summed E-state index contributed by atoms with van der Waals surface area (Å²) in [4.78, 5) is 10.2. The first-order valence-electron chi connectivity index (χ1n) is 3.09. The van der Waals surface area contributed by atoms with Crippen LogP contribution in [0, 0.1) is 11.8 Å². The zero-order chi connectivity index (χ0) is 6.85. The van der Waals surface area contributed by atoms with Crippen molar-refractivity contribution < 1.29 is 15.0 Å². The predicted molar refractivity (Wildman–Crippen MR) is 30.9 cm³/mol. The van der Waals surface area contributed by atoms with Crippen LogP contribution in [0.1, 0.15) is 12.8 Å². The van der Waals surface area contributed by atoms with E-state index in [0.717, 1.165) is 6.42 Å². The molecule has 0 spiro atoms. The quantitative estimate of drug-likeness (QED) is 0.569. The number of carboxylic acids is 1. The molecule has 0 saturated heterocycles. The average Bonchev–Trinajstić information content (AvgIpc) is 2.47.